The van der Waals surface area contributed by atoms with E-state index in [-0.39, 0.29) is 0 Å². The van der Waals surface area contributed by atoms with Crippen molar-refractivity contribution in [2.75, 3.05) is 20.2 Å². The van der Waals surface area contributed by atoms with E-state index in [1.165, 1.54) is 0 Å². The molecule has 18 heavy (non-hydrogen) atoms. The molecular formula is C14H23N3O. The summed E-state index contributed by atoms with van der Waals surface area (Å²) in [6, 6.07) is 6.81. The number of pyridine rings is 1. The van der Waals surface area contributed by atoms with Crippen molar-refractivity contribution in [2.24, 2.45) is 11.7 Å². The van der Waals surface area contributed by atoms with Crippen LogP contribution in [0.2, 0.25) is 0 Å². The molecule has 2 rings (SSSR count). The highest BCUT2D eigenvalue weighted by Gasteiger charge is 2.36. The second-order valence-electron chi connectivity index (χ2n) is 5.17. The minimum atomic E-state index is 0.324. The van der Waals surface area contributed by atoms with Gasteiger partial charge in [-0.1, -0.05) is 6.07 Å². The molecule has 0 bridgehead atoms. The molecule has 0 saturated carbocycles. The maximum Gasteiger partial charge on any atom is 0.213 e. The fraction of sp³-hybridized carbons (Fsp3) is 0.643. The van der Waals surface area contributed by atoms with Crippen molar-refractivity contribution < 1.29 is 4.74 Å². The van der Waals surface area contributed by atoms with Crippen molar-refractivity contribution in [3.63, 3.8) is 0 Å². The molecule has 0 radical (unpaired) electrons. The maximum atomic E-state index is 5.91. The summed E-state index contributed by atoms with van der Waals surface area (Å²) in [6.07, 6.45) is 1.15. The number of nitrogens with two attached hydrogens (primary N) is 1. The summed E-state index contributed by atoms with van der Waals surface area (Å²) >= 11 is 0. The fourth-order valence-electron chi connectivity index (χ4n) is 2.83. The Kier molecular flexibility index (Phi) is 4.19. The van der Waals surface area contributed by atoms with Crippen LogP contribution in [0.4, 0.5) is 0 Å². The lowest BCUT2D eigenvalue weighted by molar-refractivity contribution is 0.180. The molecule has 1 aliphatic heterocycles. The van der Waals surface area contributed by atoms with Crippen LogP contribution < -0.4 is 10.5 Å². The molecule has 2 N–H and O–H groups in total. The molecular weight excluding hydrogens is 226 g/mol. The molecule has 0 aromatic carbocycles. The molecule has 4 heteroatoms. The summed E-state index contributed by atoms with van der Waals surface area (Å²) in [7, 11) is 1.65. The van der Waals surface area contributed by atoms with Gasteiger partial charge in [-0.05, 0) is 45.3 Å². The Balaban J connectivity index is 2.31. The van der Waals surface area contributed by atoms with Gasteiger partial charge < -0.3 is 10.5 Å². The monoisotopic (exact) mass is 249 g/mol. The quantitative estimate of drug-likeness (QED) is 0.884. The first-order valence-electron chi connectivity index (χ1n) is 6.64. The van der Waals surface area contributed by atoms with E-state index in [0.29, 0.717) is 30.4 Å². The van der Waals surface area contributed by atoms with Crippen molar-refractivity contribution >= 4 is 0 Å². The summed E-state index contributed by atoms with van der Waals surface area (Å²) in [5, 5.41) is 0. The van der Waals surface area contributed by atoms with Gasteiger partial charge >= 0.3 is 0 Å². The zero-order chi connectivity index (χ0) is 13.1. The van der Waals surface area contributed by atoms with Gasteiger partial charge in [0.1, 0.15) is 0 Å². The maximum absolute atomic E-state index is 5.91. The van der Waals surface area contributed by atoms with Gasteiger partial charge in [-0.25, -0.2) is 4.98 Å². The Bertz CT molecular complexity index is 394. The molecule has 1 aromatic heterocycles. The number of methoxy groups -OCH3 is 1. The molecule has 100 valence electrons. The zero-order valence-electron chi connectivity index (χ0n) is 11.5. The van der Waals surface area contributed by atoms with Gasteiger partial charge in [0.2, 0.25) is 5.88 Å². The normalized spacial score (nSPS) is 24.7. The summed E-state index contributed by atoms with van der Waals surface area (Å²) in [4.78, 5) is 7.07. The first-order chi connectivity index (χ1) is 8.67. The Hall–Kier alpha value is -1.13. The number of ether oxygens (including phenoxy) is 1. The predicted molar refractivity (Wildman–Crippen MR) is 72.5 cm³/mol. The van der Waals surface area contributed by atoms with Crippen molar-refractivity contribution in [1.82, 2.24) is 9.88 Å². The Morgan fingerprint density at radius 1 is 1.50 bits per heavy atom. The number of hydrogen-bond donors (Lipinski definition) is 1. The van der Waals surface area contributed by atoms with Crippen LogP contribution in [-0.4, -0.2) is 36.1 Å². The van der Waals surface area contributed by atoms with E-state index >= 15 is 0 Å². The average molecular weight is 249 g/mol. The minimum Gasteiger partial charge on any atom is -0.481 e. The van der Waals surface area contributed by atoms with E-state index < -0.39 is 0 Å². The summed E-state index contributed by atoms with van der Waals surface area (Å²) in [5.41, 5.74) is 6.99. The van der Waals surface area contributed by atoms with Gasteiger partial charge in [0, 0.05) is 12.1 Å². The highest BCUT2D eigenvalue weighted by atomic mass is 16.5. The van der Waals surface area contributed by atoms with E-state index in [1.807, 2.05) is 12.1 Å². The van der Waals surface area contributed by atoms with Gasteiger partial charge in [0.05, 0.1) is 18.8 Å². The molecule has 1 saturated heterocycles. The van der Waals surface area contributed by atoms with Gasteiger partial charge in [-0.15, -0.1) is 0 Å². The Labute approximate surface area is 109 Å². The highest BCUT2D eigenvalue weighted by Crippen LogP contribution is 2.37. The van der Waals surface area contributed by atoms with E-state index in [1.54, 1.807) is 7.11 Å². The number of nitrogens with zero attached hydrogens (tertiary/aromatic N) is 2. The SMILES string of the molecule is COc1cccc(C2C(CN)CCN2C(C)C)n1. The van der Waals surface area contributed by atoms with Gasteiger partial charge in [0.15, 0.2) is 0 Å². The van der Waals surface area contributed by atoms with Crippen LogP contribution in [0, 0.1) is 5.92 Å². The molecule has 1 fully saturated rings. The Morgan fingerprint density at radius 3 is 2.89 bits per heavy atom. The molecule has 0 aliphatic carbocycles. The Morgan fingerprint density at radius 2 is 2.28 bits per heavy atom. The topological polar surface area (TPSA) is 51.4 Å². The second kappa shape index (κ2) is 5.67. The first kappa shape index (κ1) is 13.3. The van der Waals surface area contributed by atoms with E-state index in [9.17, 15) is 0 Å². The summed E-state index contributed by atoms with van der Waals surface area (Å²) in [6.45, 7) is 6.27. The summed E-state index contributed by atoms with van der Waals surface area (Å²) in [5.74, 6) is 1.17. The van der Waals surface area contributed by atoms with Crippen molar-refractivity contribution in [2.45, 2.75) is 32.4 Å². The van der Waals surface area contributed by atoms with Gasteiger partial charge in [-0.2, -0.15) is 0 Å². The van der Waals surface area contributed by atoms with Crippen LogP contribution in [0.5, 0.6) is 5.88 Å². The number of aromatic nitrogens is 1. The van der Waals surface area contributed by atoms with Gasteiger partial charge in [-0.3, -0.25) is 4.90 Å². The third-order valence-electron chi connectivity index (χ3n) is 3.79. The zero-order valence-corrected chi connectivity index (χ0v) is 11.5. The summed E-state index contributed by atoms with van der Waals surface area (Å²) < 4.78 is 5.22. The van der Waals surface area contributed by atoms with Crippen LogP contribution in [-0.2, 0) is 0 Å². The second-order valence-corrected chi connectivity index (χ2v) is 5.17. The third-order valence-corrected chi connectivity index (χ3v) is 3.79. The van der Waals surface area contributed by atoms with E-state index in [4.69, 9.17) is 10.5 Å². The molecule has 2 heterocycles. The number of likely N-dealkylation sites (tertiary alicyclic amines) is 1. The molecule has 1 aliphatic rings. The average Bonchev–Trinajstić information content (AvgIpc) is 2.82. The van der Waals surface area contributed by atoms with Crippen molar-refractivity contribution in [3.8, 4) is 5.88 Å². The van der Waals surface area contributed by atoms with E-state index in [2.05, 4.69) is 29.8 Å². The van der Waals surface area contributed by atoms with Gasteiger partial charge in [0.25, 0.3) is 0 Å². The molecule has 2 unspecified atom stereocenters. The molecule has 0 amide bonds. The van der Waals surface area contributed by atoms with Crippen LogP contribution in [0.3, 0.4) is 0 Å². The lowest BCUT2D eigenvalue weighted by Gasteiger charge is -2.30. The predicted octanol–water partition coefficient (Wildman–Crippen LogP) is 1.82. The molecule has 4 nitrogen and oxygen atoms in total. The first-order valence-corrected chi connectivity index (χ1v) is 6.64. The minimum absolute atomic E-state index is 0.324. The molecule has 0 spiro atoms. The molecule has 1 aromatic rings. The third kappa shape index (κ3) is 2.49. The lowest BCUT2D eigenvalue weighted by atomic mass is 9.97. The molecule has 2 atom stereocenters. The number of rotatable bonds is 4. The van der Waals surface area contributed by atoms with Crippen LogP contribution in [0.15, 0.2) is 18.2 Å². The largest absolute Gasteiger partial charge is 0.481 e. The van der Waals surface area contributed by atoms with Crippen LogP contribution in [0.25, 0.3) is 0 Å². The van der Waals surface area contributed by atoms with E-state index in [0.717, 1.165) is 18.7 Å². The van der Waals surface area contributed by atoms with Crippen LogP contribution >= 0.6 is 0 Å². The van der Waals surface area contributed by atoms with Crippen molar-refractivity contribution in [3.05, 3.63) is 23.9 Å². The lowest BCUT2D eigenvalue weighted by Crippen LogP contribution is -2.33. The standard InChI is InChI=1S/C14H23N3O/c1-10(2)17-8-7-11(9-15)14(17)12-5-4-6-13(16-12)18-3/h4-6,10-11,14H,7-9,15H2,1-3H3. The smallest absolute Gasteiger partial charge is 0.213 e. The fourth-order valence-corrected chi connectivity index (χ4v) is 2.83. The number of hydrogen-bond acceptors (Lipinski definition) is 4. The van der Waals surface area contributed by atoms with Crippen LogP contribution in [0.1, 0.15) is 32.0 Å². The highest BCUT2D eigenvalue weighted by molar-refractivity contribution is 5.20. The van der Waals surface area contributed by atoms with Crippen molar-refractivity contribution in [1.29, 1.82) is 0 Å².